The number of rotatable bonds is 3. The monoisotopic (exact) mass is 481 g/mol. The average Bonchev–Trinajstić information content (AvgIpc) is 3.04. The third kappa shape index (κ3) is 3.55. The Balaban J connectivity index is 1.68. The molecule has 0 amide bonds. The van der Waals surface area contributed by atoms with Gasteiger partial charge in [-0.05, 0) is 73.0 Å². The highest BCUT2D eigenvalue weighted by molar-refractivity contribution is 14.1. The van der Waals surface area contributed by atoms with E-state index < -0.39 is 23.6 Å². The van der Waals surface area contributed by atoms with Gasteiger partial charge in [-0.1, -0.05) is 0 Å². The molecule has 1 aliphatic rings. The molecule has 0 saturated heterocycles. The van der Waals surface area contributed by atoms with E-state index >= 15 is 0 Å². The van der Waals surface area contributed by atoms with Gasteiger partial charge in [-0.15, -0.1) is 0 Å². The van der Waals surface area contributed by atoms with Crippen LogP contribution in [0.5, 0.6) is 0 Å². The van der Waals surface area contributed by atoms with Gasteiger partial charge in [-0.2, -0.15) is 0 Å². The molecule has 1 saturated carbocycles. The van der Waals surface area contributed by atoms with Gasteiger partial charge in [0, 0.05) is 26.2 Å². The Morgan fingerprint density at radius 2 is 2.19 bits per heavy atom. The molecule has 3 aromatic rings. The Labute approximate surface area is 170 Å². The molecule has 5 nitrogen and oxygen atoms in total. The number of hydrogen-bond acceptors (Lipinski definition) is 4. The molecule has 3 atom stereocenters. The van der Waals surface area contributed by atoms with Gasteiger partial charge in [0.2, 0.25) is 0 Å². The number of hydrogen-bond donors (Lipinski definition) is 4. The maximum absolute atomic E-state index is 14.4. The summed E-state index contributed by atoms with van der Waals surface area (Å²) < 4.78 is 15.5. The lowest BCUT2D eigenvalue weighted by molar-refractivity contribution is -0.0918. The van der Waals surface area contributed by atoms with Crippen molar-refractivity contribution in [3.8, 4) is 11.3 Å². The van der Waals surface area contributed by atoms with E-state index in [0.29, 0.717) is 18.5 Å². The van der Waals surface area contributed by atoms with Crippen LogP contribution in [0.1, 0.15) is 26.2 Å². The number of aromatic amines is 1. The minimum Gasteiger partial charge on any atom is -0.388 e. The summed E-state index contributed by atoms with van der Waals surface area (Å²) in [5.74, 6) is -0.481. The van der Waals surface area contributed by atoms with Gasteiger partial charge >= 0.3 is 0 Å². The van der Waals surface area contributed by atoms with Crippen molar-refractivity contribution in [2.45, 2.75) is 43.9 Å². The lowest BCUT2D eigenvalue weighted by Gasteiger charge is -2.40. The molecule has 1 fully saturated rings. The molecule has 1 aromatic carbocycles. The smallest absolute Gasteiger partial charge is 0.164 e. The Morgan fingerprint density at radius 1 is 1.37 bits per heavy atom. The number of anilines is 1. The van der Waals surface area contributed by atoms with E-state index in [-0.39, 0.29) is 5.69 Å². The number of aliphatic hydroxyl groups excluding tert-OH is 1. The fourth-order valence-corrected chi connectivity index (χ4v) is 4.26. The molecule has 0 radical (unpaired) electrons. The van der Waals surface area contributed by atoms with Crippen LogP contribution in [-0.4, -0.2) is 37.9 Å². The van der Waals surface area contributed by atoms with Gasteiger partial charge in [0.25, 0.3) is 0 Å². The second-order valence-electron chi connectivity index (χ2n) is 7.39. The van der Waals surface area contributed by atoms with E-state index in [0.717, 1.165) is 26.5 Å². The summed E-state index contributed by atoms with van der Waals surface area (Å²) in [6.45, 7) is 1.62. The molecule has 4 N–H and O–H groups in total. The normalized spacial score (nSPS) is 25.7. The molecule has 1 aliphatic carbocycles. The molecule has 0 aliphatic heterocycles. The molecular weight excluding hydrogens is 460 g/mol. The lowest BCUT2D eigenvalue weighted by Crippen LogP contribution is -2.53. The quantitative estimate of drug-likeness (QED) is 0.426. The predicted molar refractivity (Wildman–Crippen MR) is 112 cm³/mol. The number of pyridine rings is 1. The summed E-state index contributed by atoms with van der Waals surface area (Å²) in [4.78, 5) is 7.47. The first-order valence-electron chi connectivity index (χ1n) is 8.95. The Kier molecular flexibility index (Phi) is 4.85. The molecule has 2 aromatic heterocycles. The van der Waals surface area contributed by atoms with Crippen molar-refractivity contribution in [2.24, 2.45) is 0 Å². The minimum atomic E-state index is -1.17. The fraction of sp³-hybridized carbons (Fsp3) is 0.350. The van der Waals surface area contributed by atoms with Gasteiger partial charge in [-0.3, -0.25) is 4.98 Å². The van der Waals surface area contributed by atoms with E-state index in [1.807, 2.05) is 18.3 Å². The third-order valence-corrected chi connectivity index (χ3v) is 6.00. The van der Waals surface area contributed by atoms with Gasteiger partial charge in [0.1, 0.15) is 6.10 Å². The van der Waals surface area contributed by atoms with Crippen LogP contribution in [0.3, 0.4) is 0 Å². The maximum Gasteiger partial charge on any atom is 0.164 e. The molecule has 0 spiro atoms. The Hall–Kier alpha value is -1.71. The zero-order valence-corrected chi connectivity index (χ0v) is 17.0. The Morgan fingerprint density at radius 3 is 3.00 bits per heavy atom. The first kappa shape index (κ1) is 18.6. The number of aliphatic hydroxyl groups is 2. The summed E-state index contributed by atoms with van der Waals surface area (Å²) >= 11 is 2.26. The second-order valence-corrected chi connectivity index (χ2v) is 8.63. The van der Waals surface area contributed by atoms with Crippen LogP contribution < -0.4 is 5.32 Å². The number of fused-ring (bicyclic) bond motifs is 1. The zero-order chi connectivity index (χ0) is 19.2. The third-order valence-electron chi connectivity index (χ3n) is 5.33. The average molecular weight is 481 g/mol. The Bertz CT molecular complexity index is 989. The van der Waals surface area contributed by atoms with Crippen LogP contribution in [0.25, 0.3) is 22.2 Å². The van der Waals surface area contributed by atoms with Crippen LogP contribution in [0.4, 0.5) is 10.1 Å². The van der Waals surface area contributed by atoms with E-state index in [1.165, 1.54) is 6.20 Å². The van der Waals surface area contributed by atoms with Gasteiger partial charge in [0.15, 0.2) is 5.82 Å². The van der Waals surface area contributed by atoms with Crippen LogP contribution in [0.15, 0.2) is 36.7 Å². The minimum absolute atomic E-state index is 0.279. The first-order chi connectivity index (χ1) is 12.8. The van der Waals surface area contributed by atoms with Gasteiger partial charge in [-0.25, -0.2) is 4.39 Å². The van der Waals surface area contributed by atoms with Crippen molar-refractivity contribution < 1.29 is 14.6 Å². The number of nitrogens with one attached hydrogen (secondary N) is 2. The maximum atomic E-state index is 14.4. The highest BCUT2D eigenvalue weighted by Crippen LogP contribution is 2.33. The van der Waals surface area contributed by atoms with Crippen molar-refractivity contribution in [1.82, 2.24) is 9.97 Å². The van der Waals surface area contributed by atoms with Crippen molar-refractivity contribution >= 4 is 39.2 Å². The highest BCUT2D eigenvalue weighted by Gasteiger charge is 2.40. The van der Waals surface area contributed by atoms with Gasteiger partial charge < -0.3 is 20.5 Å². The number of aromatic nitrogens is 2. The van der Waals surface area contributed by atoms with Crippen LogP contribution >= 0.6 is 22.6 Å². The number of nitrogens with zero attached hydrogens (tertiary/aromatic N) is 1. The summed E-state index contributed by atoms with van der Waals surface area (Å²) in [6.07, 6.45) is 4.06. The number of benzene rings is 1. The lowest BCUT2D eigenvalue weighted by atomic mass is 9.80. The van der Waals surface area contributed by atoms with Crippen molar-refractivity contribution in [3.05, 3.63) is 46.0 Å². The highest BCUT2D eigenvalue weighted by atomic mass is 127. The summed E-state index contributed by atoms with van der Waals surface area (Å²) in [7, 11) is 0. The van der Waals surface area contributed by atoms with Crippen LogP contribution in [0.2, 0.25) is 0 Å². The largest absolute Gasteiger partial charge is 0.388 e. The zero-order valence-electron chi connectivity index (χ0n) is 14.8. The molecule has 2 heterocycles. The molecule has 4 rings (SSSR count). The topological polar surface area (TPSA) is 81.2 Å². The van der Waals surface area contributed by atoms with E-state index in [2.05, 4.69) is 43.9 Å². The molecular formula is C20H21FIN3O2. The van der Waals surface area contributed by atoms with E-state index in [9.17, 15) is 14.6 Å². The first-order valence-corrected chi connectivity index (χ1v) is 10.0. The van der Waals surface area contributed by atoms with Crippen LogP contribution in [0, 0.1) is 9.39 Å². The van der Waals surface area contributed by atoms with Crippen molar-refractivity contribution in [1.29, 1.82) is 0 Å². The second kappa shape index (κ2) is 7.03. The van der Waals surface area contributed by atoms with Crippen molar-refractivity contribution in [2.75, 3.05) is 5.32 Å². The van der Waals surface area contributed by atoms with Crippen LogP contribution in [-0.2, 0) is 0 Å². The van der Waals surface area contributed by atoms with Crippen molar-refractivity contribution in [3.63, 3.8) is 0 Å². The van der Waals surface area contributed by atoms with Gasteiger partial charge in [0.05, 0.1) is 29.2 Å². The number of H-pyrrole nitrogens is 1. The SMILES string of the molecule is C[C@@]1(O)CCC[C@H](Nc2cc(-c3c[nH]c4ccc(I)cc34)ncc2F)C1O. The number of halogens is 2. The van der Waals surface area contributed by atoms with E-state index in [1.54, 1.807) is 13.0 Å². The predicted octanol–water partition coefficient (Wildman–Crippen LogP) is 4.05. The standard InChI is InChI=1S/C20H21FIN3O2/c1-20(27)6-2-3-16(19(20)26)25-18-8-17(24-10-14(18)21)13-9-23-15-5-4-11(22)7-12(13)15/h4-5,7-10,16,19,23,26-27H,2-3,6H2,1H3,(H,24,25)/t16-,19?,20+/m0/s1. The molecule has 142 valence electrons. The summed E-state index contributed by atoms with van der Waals surface area (Å²) in [5.41, 5.74) is 1.63. The summed E-state index contributed by atoms with van der Waals surface area (Å²) in [5, 5.41) is 24.8. The molecule has 27 heavy (non-hydrogen) atoms. The molecule has 0 bridgehead atoms. The molecule has 7 heteroatoms. The molecule has 1 unspecified atom stereocenters. The fourth-order valence-electron chi connectivity index (χ4n) is 3.77. The summed E-state index contributed by atoms with van der Waals surface area (Å²) in [6, 6.07) is 7.33. The van der Waals surface area contributed by atoms with E-state index in [4.69, 9.17) is 0 Å².